The molecule has 0 atom stereocenters. The molecule has 118 valence electrons. The van der Waals surface area contributed by atoms with Crippen molar-refractivity contribution >= 4 is 11.6 Å². The van der Waals surface area contributed by atoms with Gasteiger partial charge in [-0.1, -0.05) is 33.1 Å². The predicted molar refractivity (Wildman–Crippen MR) is 83.0 cm³/mol. The van der Waals surface area contributed by atoms with Gasteiger partial charge in [0, 0.05) is 18.7 Å². The Labute approximate surface area is 129 Å². The van der Waals surface area contributed by atoms with Gasteiger partial charge in [-0.05, 0) is 18.8 Å². The van der Waals surface area contributed by atoms with Gasteiger partial charge in [0.25, 0.3) is 5.56 Å². The number of carbonyl (C=O) groups is 1. The molecule has 0 bridgehead atoms. The molecule has 1 aliphatic carbocycles. The van der Waals surface area contributed by atoms with Crippen molar-refractivity contribution in [1.82, 2.24) is 19.2 Å². The Morgan fingerprint density at radius 1 is 1.32 bits per heavy atom. The van der Waals surface area contributed by atoms with E-state index in [2.05, 4.69) is 10.1 Å². The molecule has 0 N–H and O–H groups in total. The van der Waals surface area contributed by atoms with Crippen LogP contribution in [0.15, 0.2) is 17.3 Å². The van der Waals surface area contributed by atoms with Crippen LogP contribution in [0.3, 0.4) is 0 Å². The second-order valence-corrected chi connectivity index (χ2v) is 6.50. The molecular formula is C16H22N4O2. The minimum absolute atomic E-state index is 0.139. The van der Waals surface area contributed by atoms with Crippen molar-refractivity contribution in [1.29, 1.82) is 0 Å². The SMILES string of the molecule is CC(C)C(=O)c1cn(CC2CCCCC2)c2ncnn2c1=O. The molecule has 0 amide bonds. The van der Waals surface area contributed by atoms with Crippen LogP contribution < -0.4 is 5.56 Å². The summed E-state index contributed by atoms with van der Waals surface area (Å²) in [4.78, 5) is 28.9. The fraction of sp³-hybridized carbons (Fsp3) is 0.625. The van der Waals surface area contributed by atoms with Crippen LogP contribution in [0.2, 0.25) is 0 Å². The average Bonchev–Trinajstić information content (AvgIpc) is 3.00. The Hall–Kier alpha value is -1.98. The van der Waals surface area contributed by atoms with Gasteiger partial charge in [-0.3, -0.25) is 9.59 Å². The first-order valence-corrected chi connectivity index (χ1v) is 8.05. The fourth-order valence-corrected chi connectivity index (χ4v) is 3.22. The van der Waals surface area contributed by atoms with Crippen molar-refractivity contribution < 1.29 is 4.79 Å². The zero-order chi connectivity index (χ0) is 15.7. The van der Waals surface area contributed by atoms with Crippen LogP contribution in [0.4, 0.5) is 0 Å². The fourth-order valence-electron chi connectivity index (χ4n) is 3.22. The summed E-state index contributed by atoms with van der Waals surface area (Å²) < 4.78 is 3.18. The van der Waals surface area contributed by atoms with Gasteiger partial charge in [0.15, 0.2) is 5.78 Å². The molecule has 0 aromatic carbocycles. The number of rotatable bonds is 4. The lowest BCUT2D eigenvalue weighted by molar-refractivity contribution is 0.0936. The second-order valence-electron chi connectivity index (χ2n) is 6.50. The lowest BCUT2D eigenvalue weighted by Gasteiger charge is -2.23. The minimum atomic E-state index is -0.369. The quantitative estimate of drug-likeness (QED) is 0.813. The first kappa shape index (κ1) is 14.9. The molecule has 22 heavy (non-hydrogen) atoms. The highest BCUT2D eigenvalue weighted by Gasteiger charge is 2.21. The number of Topliss-reactive ketones (excluding diaryl/α,β-unsaturated/α-hetero) is 1. The van der Waals surface area contributed by atoms with Crippen LogP contribution in [0.1, 0.15) is 56.3 Å². The molecule has 0 unspecified atom stereocenters. The van der Waals surface area contributed by atoms with Crippen LogP contribution in [0, 0.1) is 11.8 Å². The number of fused-ring (bicyclic) bond motifs is 1. The number of ketones is 1. The van der Waals surface area contributed by atoms with Gasteiger partial charge in [0.1, 0.15) is 11.9 Å². The van der Waals surface area contributed by atoms with Crippen molar-refractivity contribution in [2.24, 2.45) is 11.8 Å². The van der Waals surface area contributed by atoms with Gasteiger partial charge < -0.3 is 4.57 Å². The molecule has 0 spiro atoms. The Kier molecular flexibility index (Phi) is 4.09. The van der Waals surface area contributed by atoms with E-state index in [1.807, 2.05) is 4.57 Å². The van der Waals surface area contributed by atoms with Gasteiger partial charge in [0.05, 0.1) is 0 Å². The van der Waals surface area contributed by atoms with E-state index >= 15 is 0 Å². The Morgan fingerprint density at radius 3 is 2.73 bits per heavy atom. The Bertz CT molecular complexity index is 738. The van der Waals surface area contributed by atoms with E-state index in [1.54, 1.807) is 20.0 Å². The molecule has 1 aliphatic rings. The smallest absolute Gasteiger partial charge is 0.286 e. The van der Waals surface area contributed by atoms with Crippen molar-refractivity contribution in [2.75, 3.05) is 0 Å². The summed E-state index contributed by atoms with van der Waals surface area (Å²) in [5.41, 5.74) is -0.157. The summed E-state index contributed by atoms with van der Waals surface area (Å²) in [5, 5.41) is 3.99. The van der Waals surface area contributed by atoms with E-state index in [0.29, 0.717) is 11.7 Å². The third-order valence-electron chi connectivity index (χ3n) is 4.46. The first-order chi connectivity index (χ1) is 10.6. The van der Waals surface area contributed by atoms with Crippen molar-refractivity contribution in [3.05, 3.63) is 28.4 Å². The summed E-state index contributed by atoms with van der Waals surface area (Å²) in [5.74, 6) is 0.756. The summed E-state index contributed by atoms with van der Waals surface area (Å²) in [6.07, 6.45) is 9.26. The van der Waals surface area contributed by atoms with E-state index in [9.17, 15) is 9.59 Å². The van der Waals surface area contributed by atoms with E-state index < -0.39 is 0 Å². The normalized spacial score (nSPS) is 16.5. The highest BCUT2D eigenvalue weighted by molar-refractivity contribution is 5.96. The van der Waals surface area contributed by atoms with Crippen LogP contribution in [0.25, 0.3) is 5.78 Å². The first-order valence-electron chi connectivity index (χ1n) is 8.05. The van der Waals surface area contributed by atoms with E-state index in [1.165, 1.54) is 42.9 Å². The summed E-state index contributed by atoms with van der Waals surface area (Å²) in [6.45, 7) is 4.40. The molecule has 0 saturated heterocycles. The highest BCUT2D eigenvalue weighted by Crippen LogP contribution is 2.25. The van der Waals surface area contributed by atoms with Crippen LogP contribution >= 0.6 is 0 Å². The minimum Gasteiger partial charge on any atom is -0.316 e. The standard InChI is InChI=1S/C16H22N4O2/c1-11(2)14(21)13-9-19(8-12-6-4-3-5-7-12)16-17-10-18-20(16)15(13)22/h9-12H,3-8H2,1-2H3. The maximum absolute atomic E-state index is 12.4. The monoisotopic (exact) mass is 302 g/mol. The zero-order valence-electron chi connectivity index (χ0n) is 13.2. The summed E-state index contributed by atoms with van der Waals surface area (Å²) >= 11 is 0. The second kappa shape index (κ2) is 6.02. The topological polar surface area (TPSA) is 69.3 Å². The lowest BCUT2D eigenvalue weighted by Crippen LogP contribution is -2.29. The molecule has 6 heteroatoms. The van der Waals surface area contributed by atoms with Gasteiger partial charge in [-0.15, -0.1) is 0 Å². The molecule has 2 aromatic rings. The Balaban J connectivity index is 2.04. The van der Waals surface area contributed by atoms with Crippen molar-refractivity contribution in [2.45, 2.75) is 52.5 Å². The van der Waals surface area contributed by atoms with E-state index in [4.69, 9.17) is 0 Å². The van der Waals surface area contributed by atoms with Crippen molar-refractivity contribution in [3.63, 3.8) is 0 Å². The third kappa shape index (κ3) is 2.69. The largest absolute Gasteiger partial charge is 0.316 e. The van der Waals surface area contributed by atoms with Gasteiger partial charge >= 0.3 is 0 Å². The molecule has 2 heterocycles. The number of hydrogen-bond acceptors (Lipinski definition) is 4. The number of aromatic nitrogens is 4. The molecule has 3 rings (SSSR count). The average molecular weight is 302 g/mol. The van der Waals surface area contributed by atoms with Gasteiger partial charge in [-0.2, -0.15) is 14.6 Å². The molecule has 1 saturated carbocycles. The van der Waals surface area contributed by atoms with Gasteiger partial charge in [0.2, 0.25) is 5.78 Å². The van der Waals surface area contributed by atoms with Crippen LogP contribution in [0.5, 0.6) is 0 Å². The highest BCUT2D eigenvalue weighted by atomic mass is 16.1. The number of hydrogen-bond donors (Lipinski definition) is 0. The van der Waals surface area contributed by atoms with E-state index in [-0.39, 0.29) is 22.8 Å². The summed E-state index contributed by atoms with van der Waals surface area (Å²) in [6, 6.07) is 0. The third-order valence-corrected chi connectivity index (χ3v) is 4.46. The van der Waals surface area contributed by atoms with Crippen molar-refractivity contribution in [3.8, 4) is 0 Å². The molecule has 6 nitrogen and oxygen atoms in total. The van der Waals surface area contributed by atoms with Crippen LogP contribution in [-0.2, 0) is 6.54 Å². The molecule has 2 aromatic heterocycles. The van der Waals surface area contributed by atoms with Crippen LogP contribution in [-0.4, -0.2) is 24.9 Å². The number of nitrogens with zero attached hydrogens (tertiary/aromatic N) is 4. The zero-order valence-corrected chi connectivity index (χ0v) is 13.2. The molecule has 0 aliphatic heterocycles. The predicted octanol–water partition coefficient (Wildman–Crippen LogP) is 2.31. The number of carbonyl (C=O) groups excluding carboxylic acids is 1. The Morgan fingerprint density at radius 2 is 2.05 bits per heavy atom. The maximum atomic E-state index is 12.4. The van der Waals surface area contributed by atoms with E-state index in [0.717, 1.165) is 6.54 Å². The molecule has 0 radical (unpaired) electrons. The lowest BCUT2D eigenvalue weighted by atomic mass is 9.89. The maximum Gasteiger partial charge on any atom is 0.286 e. The molecule has 1 fully saturated rings. The summed E-state index contributed by atoms with van der Waals surface area (Å²) in [7, 11) is 0. The van der Waals surface area contributed by atoms with Gasteiger partial charge in [-0.25, -0.2) is 0 Å². The molecular weight excluding hydrogens is 280 g/mol.